The smallest absolute Gasteiger partial charge is 0.128 e. The summed E-state index contributed by atoms with van der Waals surface area (Å²) in [5.74, 6) is 1.36. The van der Waals surface area contributed by atoms with Crippen molar-refractivity contribution in [3.8, 4) is 5.75 Å². The molecule has 0 spiro atoms. The van der Waals surface area contributed by atoms with Crippen molar-refractivity contribution in [2.75, 3.05) is 12.0 Å². The van der Waals surface area contributed by atoms with Gasteiger partial charge in [-0.3, -0.25) is 5.43 Å². The third kappa shape index (κ3) is 4.62. The molecule has 116 valence electrons. The zero-order valence-corrected chi connectivity index (χ0v) is 13.8. The lowest BCUT2D eigenvalue weighted by Crippen LogP contribution is -2.06. The summed E-state index contributed by atoms with van der Waals surface area (Å²) < 4.78 is 5.82. The molecule has 0 aromatic heterocycles. The molecular weight excluding hydrogens is 272 g/mol. The molecular formula is C19H24N2O. The van der Waals surface area contributed by atoms with Crippen molar-refractivity contribution >= 4 is 11.9 Å². The first-order valence-corrected chi connectivity index (χ1v) is 7.64. The van der Waals surface area contributed by atoms with Crippen LogP contribution < -0.4 is 10.2 Å². The normalized spacial score (nSPS) is 11.1. The lowest BCUT2D eigenvalue weighted by Gasteiger charge is -2.10. The number of hydrogen-bond donors (Lipinski definition) is 1. The summed E-state index contributed by atoms with van der Waals surface area (Å²) in [4.78, 5) is 0. The van der Waals surface area contributed by atoms with Crippen LogP contribution in [-0.2, 0) is 0 Å². The zero-order valence-electron chi connectivity index (χ0n) is 13.8. The summed E-state index contributed by atoms with van der Waals surface area (Å²) in [6.07, 6.45) is 1.80. The SMILES string of the molecule is Cc1ccc(N/N=C/c2ccccc2OCC(C)C)cc1C. The predicted molar refractivity (Wildman–Crippen MR) is 93.9 cm³/mol. The molecule has 0 aliphatic carbocycles. The van der Waals surface area contributed by atoms with Crippen LogP contribution in [0.3, 0.4) is 0 Å². The van der Waals surface area contributed by atoms with Gasteiger partial charge in [0.15, 0.2) is 0 Å². The van der Waals surface area contributed by atoms with E-state index in [0.29, 0.717) is 12.5 Å². The third-order valence-corrected chi connectivity index (χ3v) is 3.40. The van der Waals surface area contributed by atoms with E-state index in [1.165, 1.54) is 11.1 Å². The van der Waals surface area contributed by atoms with Gasteiger partial charge in [-0.05, 0) is 55.2 Å². The maximum atomic E-state index is 5.82. The van der Waals surface area contributed by atoms with Crippen LogP contribution in [0, 0.1) is 19.8 Å². The highest BCUT2D eigenvalue weighted by Crippen LogP contribution is 2.17. The van der Waals surface area contributed by atoms with E-state index in [9.17, 15) is 0 Å². The monoisotopic (exact) mass is 296 g/mol. The second-order valence-electron chi connectivity index (χ2n) is 5.91. The first-order chi connectivity index (χ1) is 10.6. The van der Waals surface area contributed by atoms with Crippen molar-refractivity contribution in [1.29, 1.82) is 0 Å². The molecule has 1 N–H and O–H groups in total. The summed E-state index contributed by atoms with van der Waals surface area (Å²) in [6.45, 7) is 9.18. The number of nitrogens with zero attached hydrogens (tertiary/aromatic N) is 1. The van der Waals surface area contributed by atoms with Gasteiger partial charge in [-0.25, -0.2) is 0 Å². The maximum absolute atomic E-state index is 5.82. The molecule has 22 heavy (non-hydrogen) atoms. The van der Waals surface area contributed by atoms with E-state index in [1.807, 2.05) is 30.3 Å². The van der Waals surface area contributed by atoms with Crippen LogP contribution in [0.4, 0.5) is 5.69 Å². The minimum absolute atomic E-state index is 0.499. The Kier molecular flexibility index (Phi) is 5.59. The van der Waals surface area contributed by atoms with Crippen LogP contribution in [0.2, 0.25) is 0 Å². The van der Waals surface area contributed by atoms with Crippen LogP contribution in [-0.4, -0.2) is 12.8 Å². The minimum Gasteiger partial charge on any atom is -0.493 e. The molecule has 2 aromatic carbocycles. The lowest BCUT2D eigenvalue weighted by molar-refractivity contribution is 0.271. The fourth-order valence-corrected chi connectivity index (χ4v) is 1.96. The summed E-state index contributed by atoms with van der Waals surface area (Å²) in [6, 6.07) is 14.1. The number of aryl methyl sites for hydroxylation is 2. The largest absolute Gasteiger partial charge is 0.493 e. The molecule has 2 aromatic rings. The predicted octanol–water partition coefficient (Wildman–Crippen LogP) is 4.78. The van der Waals surface area contributed by atoms with Crippen LogP contribution >= 0.6 is 0 Å². The number of benzene rings is 2. The molecule has 0 aliphatic rings. The number of hydrogen-bond acceptors (Lipinski definition) is 3. The van der Waals surface area contributed by atoms with Crippen LogP contribution in [0.5, 0.6) is 5.75 Å². The number of hydrazone groups is 1. The van der Waals surface area contributed by atoms with Gasteiger partial charge in [0.25, 0.3) is 0 Å². The van der Waals surface area contributed by atoms with Crippen LogP contribution in [0.15, 0.2) is 47.6 Å². The Labute approximate surface area is 133 Å². The van der Waals surface area contributed by atoms with Crippen LogP contribution in [0.1, 0.15) is 30.5 Å². The molecule has 0 radical (unpaired) electrons. The van der Waals surface area contributed by atoms with Gasteiger partial charge in [0.1, 0.15) is 5.75 Å². The molecule has 0 saturated heterocycles. The lowest BCUT2D eigenvalue weighted by atomic mass is 10.1. The van der Waals surface area contributed by atoms with Gasteiger partial charge < -0.3 is 4.74 Å². The molecule has 3 heteroatoms. The minimum atomic E-state index is 0.499. The standard InChI is InChI=1S/C19H24N2O/c1-14(2)13-22-19-8-6-5-7-17(19)12-20-21-18-10-9-15(3)16(4)11-18/h5-12,14,21H,13H2,1-4H3/b20-12+. The van der Waals surface area contributed by atoms with E-state index in [1.54, 1.807) is 6.21 Å². The molecule has 0 heterocycles. The topological polar surface area (TPSA) is 33.6 Å². The molecule has 0 amide bonds. The van der Waals surface area contributed by atoms with E-state index in [-0.39, 0.29) is 0 Å². The van der Waals surface area contributed by atoms with Gasteiger partial charge >= 0.3 is 0 Å². The summed E-state index contributed by atoms with van der Waals surface area (Å²) >= 11 is 0. The first-order valence-electron chi connectivity index (χ1n) is 7.64. The van der Waals surface area contributed by atoms with E-state index in [2.05, 4.69) is 50.4 Å². The quantitative estimate of drug-likeness (QED) is 0.614. The van der Waals surface area contributed by atoms with Crippen molar-refractivity contribution in [1.82, 2.24) is 0 Å². The van der Waals surface area contributed by atoms with E-state index in [0.717, 1.165) is 17.0 Å². The molecule has 0 saturated carbocycles. The van der Waals surface area contributed by atoms with Crippen molar-refractivity contribution in [2.45, 2.75) is 27.7 Å². The van der Waals surface area contributed by atoms with Crippen molar-refractivity contribution in [3.05, 3.63) is 59.2 Å². The van der Waals surface area contributed by atoms with Gasteiger partial charge in [-0.2, -0.15) is 5.10 Å². The average molecular weight is 296 g/mol. The fraction of sp³-hybridized carbons (Fsp3) is 0.316. The molecule has 0 fully saturated rings. The first kappa shape index (κ1) is 16.1. The van der Waals surface area contributed by atoms with Gasteiger partial charge in [0.05, 0.1) is 18.5 Å². The summed E-state index contributed by atoms with van der Waals surface area (Å²) in [5, 5.41) is 4.32. The van der Waals surface area contributed by atoms with Gasteiger partial charge in [-0.15, -0.1) is 0 Å². The van der Waals surface area contributed by atoms with E-state index >= 15 is 0 Å². The number of nitrogens with one attached hydrogen (secondary N) is 1. The molecule has 0 atom stereocenters. The third-order valence-electron chi connectivity index (χ3n) is 3.40. The summed E-state index contributed by atoms with van der Waals surface area (Å²) in [7, 11) is 0. The number of rotatable bonds is 6. The molecule has 0 bridgehead atoms. The second-order valence-corrected chi connectivity index (χ2v) is 5.91. The Morgan fingerprint density at radius 1 is 1.09 bits per heavy atom. The number of ether oxygens (including phenoxy) is 1. The van der Waals surface area contributed by atoms with Crippen LogP contribution in [0.25, 0.3) is 0 Å². The van der Waals surface area contributed by atoms with Gasteiger partial charge in [0, 0.05) is 5.56 Å². The average Bonchev–Trinajstić information content (AvgIpc) is 2.50. The molecule has 3 nitrogen and oxygen atoms in total. The number of anilines is 1. The summed E-state index contributed by atoms with van der Waals surface area (Å²) in [5.41, 5.74) is 7.56. The maximum Gasteiger partial charge on any atom is 0.128 e. The number of para-hydroxylation sites is 1. The van der Waals surface area contributed by atoms with Crippen molar-refractivity contribution < 1.29 is 4.74 Å². The zero-order chi connectivity index (χ0) is 15.9. The fourth-order valence-electron chi connectivity index (χ4n) is 1.96. The van der Waals surface area contributed by atoms with Gasteiger partial charge in [0.2, 0.25) is 0 Å². The Balaban J connectivity index is 2.04. The molecule has 0 unspecified atom stereocenters. The Hall–Kier alpha value is -2.29. The highest BCUT2D eigenvalue weighted by atomic mass is 16.5. The van der Waals surface area contributed by atoms with Gasteiger partial charge in [-0.1, -0.05) is 32.0 Å². The second kappa shape index (κ2) is 7.64. The Morgan fingerprint density at radius 3 is 2.59 bits per heavy atom. The van der Waals surface area contributed by atoms with E-state index in [4.69, 9.17) is 4.74 Å². The Bertz CT molecular complexity index is 648. The van der Waals surface area contributed by atoms with E-state index < -0.39 is 0 Å². The van der Waals surface area contributed by atoms with Crippen molar-refractivity contribution in [2.24, 2.45) is 11.0 Å². The molecule has 0 aliphatic heterocycles. The highest BCUT2D eigenvalue weighted by molar-refractivity contribution is 5.84. The van der Waals surface area contributed by atoms with Crippen molar-refractivity contribution in [3.63, 3.8) is 0 Å². The highest BCUT2D eigenvalue weighted by Gasteiger charge is 2.02. The molecule has 2 rings (SSSR count). The Morgan fingerprint density at radius 2 is 1.86 bits per heavy atom.